The first-order valence-electron chi connectivity index (χ1n) is 11.8. The summed E-state index contributed by atoms with van der Waals surface area (Å²) in [5.41, 5.74) is 4.83. The van der Waals surface area contributed by atoms with Crippen molar-refractivity contribution in [3.8, 4) is 0 Å². The van der Waals surface area contributed by atoms with E-state index in [-0.39, 0.29) is 18.0 Å². The van der Waals surface area contributed by atoms with Gasteiger partial charge in [0.05, 0.1) is 0 Å². The number of hydrogen-bond donors (Lipinski definition) is 2. The molecule has 7 heteroatoms. The van der Waals surface area contributed by atoms with Gasteiger partial charge in [-0.25, -0.2) is 0 Å². The second-order valence-electron chi connectivity index (χ2n) is 8.76. The Kier molecular flexibility index (Phi) is 7.56. The molecule has 0 atom stereocenters. The molecule has 0 unspecified atom stereocenters. The van der Waals surface area contributed by atoms with Crippen LogP contribution in [0.3, 0.4) is 0 Å². The number of hydrogen-bond acceptors (Lipinski definition) is 4. The van der Waals surface area contributed by atoms with Gasteiger partial charge in [-0.2, -0.15) is 0 Å². The Balaban J connectivity index is 1.74. The Labute approximate surface area is 200 Å². The maximum absolute atomic E-state index is 13.4. The first-order valence-corrected chi connectivity index (χ1v) is 12.2. The summed E-state index contributed by atoms with van der Waals surface area (Å²) in [6.45, 7) is 6.52. The number of aromatic nitrogens is 1. The highest BCUT2D eigenvalue weighted by Gasteiger charge is 2.26. The summed E-state index contributed by atoms with van der Waals surface area (Å²) in [5, 5.41) is 3.52. The number of halogens is 1. The number of aromatic amines is 1. The van der Waals surface area contributed by atoms with E-state index in [0.29, 0.717) is 28.6 Å². The number of rotatable bonds is 3. The minimum Gasteiger partial charge on any atom is -0.381 e. The van der Waals surface area contributed by atoms with E-state index in [4.69, 9.17) is 16.3 Å². The van der Waals surface area contributed by atoms with Crippen molar-refractivity contribution in [3.63, 3.8) is 0 Å². The van der Waals surface area contributed by atoms with Gasteiger partial charge in [-0.05, 0) is 75.3 Å². The van der Waals surface area contributed by atoms with Crippen molar-refractivity contribution in [2.24, 2.45) is 0 Å². The quantitative estimate of drug-likeness (QED) is 0.656. The van der Waals surface area contributed by atoms with E-state index < -0.39 is 0 Å². The Morgan fingerprint density at radius 2 is 1.91 bits per heavy atom. The van der Waals surface area contributed by atoms with Gasteiger partial charge in [-0.3, -0.25) is 9.59 Å². The Morgan fingerprint density at radius 1 is 1.12 bits per heavy atom. The summed E-state index contributed by atoms with van der Waals surface area (Å²) in [6, 6.07) is 6.08. The molecule has 2 aliphatic rings. The van der Waals surface area contributed by atoms with E-state index in [2.05, 4.69) is 34.3 Å². The lowest BCUT2D eigenvalue weighted by molar-refractivity contribution is 0.0845. The zero-order valence-electron chi connectivity index (χ0n) is 19.4. The van der Waals surface area contributed by atoms with Crippen molar-refractivity contribution in [1.29, 1.82) is 0 Å². The number of carbonyl (C=O) groups excluding carboxylic acids is 1. The molecule has 176 valence electrons. The van der Waals surface area contributed by atoms with Crippen LogP contribution in [0.15, 0.2) is 35.1 Å². The zero-order chi connectivity index (χ0) is 23.4. The third-order valence-electron chi connectivity index (χ3n) is 6.58. The van der Waals surface area contributed by atoms with E-state index in [1.807, 2.05) is 19.1 Å². The number of allylic oxidation sites excluding steroid dienone is 2. The fourth-order valence-corrected chi connectivity index (χ4v) is 5.15. The SMILES string of the molecule is CCN(c1cc(Cl)cc2c1C/C=C\CCc1cc(C)[nH]c(=O)c1CNC2=O)C1CCOCC1. The molecule has 2 aromatic rings. The summed E-state index contributed by atoms with van der Waals surface area (Å²) in [5.74, 6) is -0.211. The van der Waals surface area contributed by atoms with Crippen molar-refractivity contribution < 1.29 is 9.53 Å². The number of amides is 1. The molecule has 0 radical (unpaired) electrons. The molecule has 1 saturated heterocycles. The Morgan fingerprint density at radius 3 is 2.67 bits per heavy atom. The number of nitrogens with one attached hydrogen (secondary N) is 2. The average Bonchev–Trinajstić information content (AvgIpc) is 2.79. The normalized spacial score (nSPS) is 18.3. The van der Waals surface area contributed by atoms with E-state index in [1.165, 1.54) is 0 Å². The van der Waals surface area contributed by atoms with Gasteiger partial charge in [0, 0.05) is 59.9 Å². The number of H-pyrrole nitrogens is 1. The van der Waals surface area contributed by atoms with Crippen LogP contribution in [0.1, 0.15) is 58.9 Å². The molecule has 1 aromatic heterocycles. The van der Waals surface area contributed by atoms with Crippen LogP contribution in [0, 0.1) is 6.92 Å². The highest BCUT2D eigenvalue weighted by atomic mass is 35.5. The van der Waals surface area contributed by atoms with Crippen LogP contribution in [0.4, 0.5) is 5.69 Å². The highest BCUT2D eigenvalue weighted by Crippen LogP contribution is 2.33. The van der Waals surface area contributed by atoms with E-state index >= 15 is 0 Å². The number of fused-ring (bicyclic) bond motifs is 2. The van der Waals surface area contributed by atoms with Crippen LogP contribution in [0.25, 0.3) is 0 Å². The number of nitrogens with zero attached hydrogens (tertiary/aromatic N) is 1. The van der Waals surface area contributed by atoms with Gasteiger partial charge in [-0.1, -0.05) is 23.8 Å². The van der Waals surface area contributed by atoms with Crippen LogP contribution in [-0.2, 0) is 24.1 Å². The maximum Gasteiger partial charge on any atom is 0.253 e. The number of pyridine rings is 1. The van der Waals surface area contributed by atoms with E-state index in [9.17, 15) is 9.59 Å². The minimum atomic E-state index is -0.211. The predicted molar refractivity (Wildman–Crippen MR) is 132 cm³/mol. The molecule has 33 heavy (non-hydrogen) atoms. The molecular weight excluding hydrogens is 438 g/mol. The molecule has 4 rings (SSSR count). The van der Waals surface area contributed by atoms with Crippen LogP contribution in [-0.4, -0.2) is 36.7 Å². The largest absolute Gasteiger partial charge is 0.381 e. The summed E-state index contributed by atoms with van der Waals surface area (Å²) in [6.07, 6.45) is 8.42. The van der Waals surface area contributed by atoms with E-state index in [1.54, 1.807) is 6.07 Å². The molecule has 0 saturated carbocycles. The van der Waals surface area contributed by atoms with Crippen molar-refractivity contribution in [2.45, 2.75) is 58.5 Å². The molecule has 1 fully saturated rings. The predicted octanol–water partition coefficient (Wildman–Crippen LogP) is 4.32. The number of ether oxygens (including phenoxy) is 1. The third-order valence-corrected chi connectivity index (χ3v) is 6.79. The molecule has 0 bridgehead atoms. The van der Waals surface area contributed by atoms with Crippen molar-refractivity contribution in [3.05, 3.63) is 73.7 Å². The van der Waals surface area contributed by atoms with Crippen LogP contribution >= 0.6 is 11.6 Å². The first-order chi connectivity index (χ1) is 16.0. The summed E-state index contributed by atoms with van der Waals surface area (Å²) < 4.78 is 5.57. The highest BCUT2D eigenvalue weighted by molar-refractivity contribution is 6.31. The Hall–Kier alpha value is -2.57. The van der Waals surface area contributed by atoms with Gasteiger partial charge < -0.3 is 19.9 Å². The minimum absolute atomic E-state index is 0.143. The third kappa shape index (κ3) is 5.33. The second kappa shape index (κ2) is 10.6. The van der Waals surface area contributed by atoms with Crippen LogP contribution in [0.5, 0.6) is 0 Å². The molecule has 3 heterocycles. The molecule has 0 aliphatic carbocycles. The summed E-state index contributed by atoms with van der Waals surface area (Å²) >= 11 is 6.53. The van der Waals surface area contributed by atoms with Crippen molar-refractivity contribution >= 4 is 23.2 Å². The fourth-order valence-electron chi connectivity index (χ4n) is 4.94. The van der Waals surface area contributed by atoms with Crippen LogP contribution < -0.4 is 15.8 Å². The van der Waals surface area contributed by atoms with Gasteiger partial charge in [0.25, 0.3) is 11.5 Å². The molecule has 6 nitrogen and oxygen atoms in total. The van der Waals surface area contributed by atoms with E-state index in [0.717, 1.165) is 68.0 Å². The lowest BCUT2D eigenvalue weighted by atomic mass is 9.96. The topological polar surface area (TPSA) is 74.4 Å². The molecule has 2 N–H and O–H groups in total. The van der Waals surface area contributed by atoms with Gasteiger partial charge in [0.2, 0.25) is 0 Å². The lowest BCUT2D eigenvalue weighted by Gasteiger charge is -2.37. The lowest BCUT2D eigenvalue weighted by Crippen LogP contribution is -2.40. The fraction of sp³-hybridized carbons (Fsp3) is 0.462. The van der Waals surface area contributed by atoms with Gasteiger partial charge >= 0.3 is 0 Å². The smallest absolute Gasteiger partial charge is 0.253 e. The van der Waals surface area contributed by atoms with Gasteiger partial charge in [0.15, 0.2) is 0 Å². The molecule has 0 spiro atoms. The molecule has 1 aromatic carbocycles. The monoisotopic (exact) mass is 469 g/mol. The molecule has 1 amide bonds. The summed E-state index contributed by atoms with van der Waals surface area (Å²) in [4.78, 5) is 31.2. The number of carbonyl (C=O) groups is 1. The molecule has 2 aliphatic heterocycles. The van der Waals surface area contributed by atoms with Crippen molar-refractivity contribution in [2.75, 3.05) is 24.7 Å². The second-order valence-corrected chi connectivity index (χ2v) is 9.20. The molecular formula is C26H32ClN3O3. The number of anilines is 1. The average molecular weight is 470 g/mol. The first kappa shape index (κ1) is 23.6. The van der Waals surface area contributed by atoms with Crippen LogP contribution in [0.2, 0.25) is 5.02 Å². The zero-order valence-corrected chi connectivity index (χ0v) is 20.1. The van der Waals surface area contributed by atoms with Crippen molar-refractivity contribution in [1.82, 2.24) is 10.3 Å². The maximum atomic E-state index is 13.4. The standard InChI is InChI=1S/C26H32ClN3O3/c1-3-30(20-9-11-33-12-10-20)24-15-19(27)14-22-21(24)8-6-4-5-7-18-13-17(2)29-26(32)23(18)16-28-25(22)31/h4,6,13-15,20H,3,5,7-12,16H2,1-2H3,(H,28,31)(H,29,32)/b6-4-. The van der Waals surface area contributed by atoms with Gasteiger partial charge in [-0.15, -0.1) is 0 Å². The number of aryl methyl sites for hydroxylation is 2. The summed E-state index contributed by atoms with van der Waals surface area (Å²) in [7, 11) is 0. The van der Waals surface area contributed by atoms with Gasteiger partial charge in [0.1, 0.15) is 0 Å². The Bertz CT molecular complexity index is 1100. The number of benzene rings is 1.